The zero-order chi connectivity index (χ0) is 20.5. The lowest BCUT2D eigenvalue weighted by Gasteiger charge is -2.36. The van der Waals surface area contributed by atoms with E-state index < -0.39 is 0 Å². The first-order valence-electron chi connectivity index (χ1n) is 12.2. The number of rotatable bonds is 7. The van der Waals surface area contributed by atoms with E-state index in [1.165, 1.54) is 38.8 Å². The third-order valence-corrected chi connectivity index (χ3v) is 6.65. The Labute approximate surface area is 201 Å². The van der Waals surface area contributed by atoms with Crippen molar-refractivity contribution >= 4 is 29.9 Å². The molecule has 0 aliphatic carbocycles. The van der Waals surface area contributed by atoms with Gasteiger partial charge in [-0.3, -0.25) is 4.99 Å². The highest BCUT2D eigenvalue weighted by Gasteiger charge is 2.25. The molecule has 30 heavy (non-hydrogen) atoms. The third-order valence-electron chi connectivity index (χ3n) is 6.65. The molecule has 0 aromatic carbocycles. The first kappa shape index (κ1) is 26.1. The van der Waals surface area contributed by atoms with Crippen molar-refractivity contribution in [1.29, 1.82) is 0 Å². The Balaban J connectivity index is 0.00000320. The van der Waals surface area contributed by atoms with Crippen molar-refractivity contribution in [2.75, 3.05) is 52.5 Å². The lowest BCUT2D eigenvalue weighted by Crippen LogP contribution is -2.48. The molecular formula is C23H45IN4O2. The number of aliphatic imine (C=N–C) groups is 1. The van der Waals surface area contributed by atoms with E-state index in [2.05, 4.69) is 35.9 Å². The van der Waals surface area contributed by atoms with Gasteiger partial charge in [-0.15, -0.1) is 24.0 Å². The number of likely N-dealkylation sites (tertiary alicyclic amines) is 2. The zero-order valence-electron chi connectivity index (χ0n) is 19.5. The van der Waals surface area contributed by atoms with Crippen molar-refractivity contribution in [2.24, 2.45) is 10.9 Å². The second-order valence-electron chi connectivity index (χ2n) is 9.30. The maximum Gasteiger partial charge on any atom is 0.193 e. The van der Waals surface area contributed by atoms with Gasteiger partial charge in [-0.25, -0.2) is 0 Å². The molecule has 0 aromatic heterocycles. The van der Waals surface area contributed by atoms with E-state index in [4.69, 9.17) is 14.5 Å². The van der Waals surface area contributed by atoms with Crippen molar-refractivity contribution < 1.29 is 9.47 Å². The second-order valence-corrected chi connectivity index (χ2v) is 9.30. The molecule has 3 fully saturated rings. The molecule has 6 nitrogen and oxygen atoms in total. The van der Waals surface area contributed by atoms with Gasteiger partial charge in [-0.1, -0.05) is 0 Å². The minimum absolute atomic E-state index is 0. The first-order chi connectivity index (χ1) is 14.2. The summed E-state index contributed by atoms with van der Waals surface area (Å²) in [5.74, 6) is 1.79. The van der Waals surface area contributed by atoms with Gasteiger partial charge in [0, 0.05) is 45.4 Å². The highest BCUT2D eigenvalue weighted by Crippen LogP contribution is 2.20. The summed E-state index contributed by atoms with van der Waals surface area (Å²) in [4.78, 5) is 10.1. The van der Waals surface area contributed by atoms with Crippen LogP contribution >= 0.6 is 24.0 Å². The number of nitrogens with zero attached hydrogens (tertiary/aromatic N) is 3. The van der Waals surface area contributed by atoms with Crippen LogP contribution in [0.15, 0.2) is 4.99 Å². The summed E-state index contributed by atoms with van der Waals surface area (Å²) in [6.45, 7) is 14.8. The predicted molar refractivity (Wildman–Crippen MR) is 135 cm³/mol. The number of halogens is 1. The van der Waals surface area contributed by atoms with Gasteiger partial charge in [0.05, 0.1) is 18.8 Å². The largest absolute Gasteiger partial charge is 0.376 e. The molecule has 3 saturated heterocycles. The van der Waals surface area contributed by atoms with Gasteiger partial charge >= 0.3 is 0 Å². The molecule has 7 heteroatoms. The van der Waals surface area contributed by atoms with E-state index in [9.17, 15) is 0 Å². The molecule has 3 aliphatic rings. The topological polar surface area (TPSA) is 49.3 Å². The monoisotopic (exact) mass is 536 g/mol. The van der Waals surface area contributed by atoms with Crippen LogP contribution < -0.4 is 5.32 Å². The van der Waals surface area contributed by atoms with E-state index >= 15 is 0 Å². The molecule has 2 atom stereocenters. The van der Waals surface area contributed by atoms with Gasteiger partial charge in [0.1, 0.15) is 0 Å². The Morgan fingerprint density at radius 2 is 1.90 bits per heavy atom. The number of hydrogen-bond acceptors (Lipinski definition) is 4. The molecule has 0 radical (unpaired) electrons. The number of guanidine groups is 1. The fourth-order valence-electron chi connectivity index (χ4n) is 4.77. The molecule has 0 amide bonds. The second kappa shape index (κ2) is 14.1. The van der Waals surface area contributed by atoms with Crippen LogP contribution in [0.25, 0.3) is 0 Å². The summed E-state index contributed by atoms with van der Waals surface area (Å²) < 4.78 is 12.0. The maximum atomic E-state index is 6.18. The summed E-state index contributed by atoms with van der Waals surface area (Å²) >= 11 is 0. The molecule has 0 saturated carbocycles. The normalized spacial score (nSPS) is 27.2. The van der Waals surface area contributed by atoms with Crippen molar-refractivity contribution in [1.82, 2.24) is 15.1 Å². The Morgan fingerprint density at radius 3 is 2.57 bits per heavy atom. The van der Waals surface area contributed by atoms with E-state index in [0.717, 1.165) is 64.6 Å². The minimum Gasteiger partial charge on any atom is -0.376 e. The molecule has 1 N–H and O–H groups in total. The Kier molecular flexibility index (Phi) is 12.3. The lowest BCUT2D eigenvalue weighted by atomic mass is 9.97. The fraction of sp³-hybridized carbons (Fsp3) is 0.957. The van der Waals surface area contributed by atoms with Crippen LogP contribution in [0.1, 0.15) is 65.7 Å². The average Bonchev–Trinajstić information content (AvgIpc) is 2.76. The van der Waals surface area contributed by atoms with Crippen LogP contribution in [0.5, 0.6) is 0 Å². The smallest absolute Gasteiger partial charge is 0.193 e. The van der Waals surface area contributed by atoms with Crippen molar-refractivity contribution in [3.05, 3.63) is 0 Å². The molecular weight excluding hydrogens is 491 g/mol. The van der Waals surface area contributed by atoms with Gasteiger partial charge in [-0.2, -0.15) is 0 Å². The average molecular weight is 537 g/mol. The number of ether oxygens (including phenoxy) is 2. The van der Waals surface area contributed by atoms with Gasteiger partial charge in [0.25, 0.3) is 0 Å². The summed E-state index contributed by atoms with van der Waals surface area (Å²) in [5.41, 5.74) is 0. The number of hydrogen-bond donors (Lipinski definition) is 1. The Hall–Kier alpha value is -0.120. The van der Waals surface area contributed by atoms with Gasteiger partial charge in [0.15, 0.2) is 5.96 Å². The quantitative estimate of drug-likeness (QED) is 0.305. The third kappa shape index (κ3) is 8.43. The zero-order valence-corrected chi connectivity index (χ0v) is 21.8. The van der Waals surface area contributed by atoms with Gasteiger partial charge in [-0.05, 0) is 78.2 Å². The SMILES string of the molecule is CCNC(=NCC1CCCN(C(C)C)C1)N1CCC(OCC2CCCCO2)CC1.I. The molecule has 176 valence electrons. The predicted octanol–water partition coefficient (Wildman–Crippen LogP) is 3.74. The molecule has 3 rings (SSSR count). The minimum atomic E-state index is 0. The molecule has 3 aliphatic heterocycles. The van der Waals surface area contributed by atoms with Crippen LogP contribution in [0, 0.1) is 5.92 Å². The Morgan fingerprint density at radius 1 is 1.10 bits per heavy atom. The van der Waals surface area contributed by atoms with E-state index in [-0.39, 0.29) is 24.0 Å². The van der Waals surface area contributed by atoms with E-state index in [1.54, 1.807) is 0 Å². The molecule has 0 spiro atoms. The number of nitrogens with one attached hydrogen (secondary N) is 1. The molecule has 3 heterocycles. The summed E-state index contributed by atoms with van der Waals surface area (Å²) in [5, 5.41) is 3.53. The fourth-order valence-corrected chi connectivity index (χ4v) is 4.77. The summed E-state index contributed by atoms with van der Waals surface area (Å²) in [7, 11) is 0. The van der Waals surface area contributed by atoms with Crippen molar-refractivity contribution in [3.63, 3.8) is 0 Å². The highest BCUT2D eigenvalue weighted by atomic mass is 127. The van der Waals surface area contributed by atoms with Crippen LogP contribution in [0.2, 0.25) is 0 Å². The highest BCUT2D eigenvalue weighted by molar-refractivity contribution is 14.0. The van der Waals surface area contributed by atoms with Crippen molar-refractivity contribution in [3.8, 4) is 0 Å². The molecule has 2 unspecified atom stereocenters. The Bertz CT molecular complexity index is 492. The maximum absolute atomic E-state index is 6.18. The van der Waals surface area contributed by atoms with Crippen LogP contribution in [0.3, 0.4) is 0 Å². The summed E-state index contributed by atoms with van der Waals surface area (Å²) in [6.07, 6.45) is 9.13. The standard InChI is InChI=1S/C23H44N4O2.HI/c1-4-24-23(25-16-20-8-7-12-27(17-20)19(2)3)26-13-10-21(11-14-26)29-18-22-9-5-6-15-28-22;/h19-22H,4-18H2,1-3H3,(H,24,25);1H. The van der Waals surface area contributed by atoms with Crippen molar-refractivity contribution in [2.45, 2.75) is 84.0 Å². The van der Waals surface area contributed by atoms with Crippen LogP contribution in [-0.4, -0.2) is 86.5 Å². The van der Waals surface area contributed by atoms with Crippen LogP contribution in [0.4, 0.5) is 0 Å². The summed E-state index contributed by atoms with van der Waals surface area (Å²) in [6, 6.07) is 0.646. The van der Waals surface area contributed by atoms with E-state index in [1.807, 2.05) is 0 Å². The lowest BCUT2D eigenvalue weighted by molar-refractivity contribution is -0.0721. The molecule has 0 aromatic rings. The first-order valence-corrected chi connectivity index (χ1v) is 12.2. The van der Waals surface area contributed by atoms with Crippen LogP contribution in [-0.2, 0) is 9.47 Å². The van der Waals surface area contributed by atoms with Gasteiger partial charge < -0.3 is 24.6 Å². The van der Waals surface area contributed by atoms with Gasteiger partial charge in [0.2, 0.25) is 0 Å². The molecule has 0 bridgehead atoms. The van der Waals surface area contributed by atoms with E-state index in [0.29, 0.717) is 24.2 Å². The number of piperidine rings is 2.